The molecule has 0 aromatic heterocycles. The predicted molar refractivity (Wildman–Crippen MR) is 91.0 cm³/mol. The summed E-state index contributed by atoms with van der Waals surface area (Å²) in [5.41, 5.74) is 1.54. The fourth-order valence-corrected chi connectivity index (χ4v) is 3.10. The van der Waals surface area contributed by atoms with Crippen LogP contribution in [0.3, 0.4) is 0 Å². The molecule has 0 fully saturated rings. The maximum Gasteiger partial charge on any atom is 0.336 e. The van der Waals surface area contributed by atoms with Crippen LogP contribution < -0.4 is 14.4 Å². The molecule has 0 spiro atoms. The molecule has 2 aromatic rings. The third kappa shape index (κ3) is 3.15. The summed E-state index contributed by atoms with van der Waals surface area (Å²) in [7, 11) is 0. The number of urea groups is 1. The number of carbonyl (C=O) groups excluding carboxylic acids is 1. The van der Waals surface area contributed by atoms with Crippen molar-refractivity contribution in [2.75, 3.05) is 9.62 Å². The highest BCUT2D eigenvalue weighted by Crippen LogP contribution is 2.40. The van der Waals surface area contributed by atoms with E-state index in [-0.39, 0.29) is 12.1 Å². The van der Waals surface area contributed by atoms with Crippen LogP contribution in [-0.2, 0) is 0 Å². The molecule has 0 saturated carbocycles. The molecule has 1 aliphatic rings. The summed E-state index contributed by atoms with van der Waals surface area (Å²) in [5, 5.41) is 3.53. The van der Waals surface area contributed by atoms with Gasteiger partial charge in [-0.1, -0.05) is 11.6 Å². The van der Waals surface area contributed by atoms with Crippen molar-refractivity contribution < 1.29 is 9.53 Å². The maximum atomic E-state index is 12.3. The van der Waals surface area contributed by atoms with Crippen molar-refractivity contribution in [1.82, 2.24) is 0 Å². The molecule has 4 nitrogen and oxygen atoms in total. The van der Waals surface area contributed by atoms with Gasteiger partial charge in [0.1, 0.15) is 5.75 Å². The van der Waals surface area contributed by atoms with Gasteiger partial charge < -0.3 is 10.1 Å². The number of carbonyl (C=O) groups is 1. The van der Waals surface area contributed by atoms with Gasteiger partial charge in [-0.05, 0) is 62.2 Å². The zero-order valence-corrected chi connectivity index (χ0v) is 13.7. The Balaban J connectivity index is 1.86. The number of halogens is 1. The number of ether oxygens (including phenoxy) is 1. The summed E-state index contributed by atoms with van der Waals surface area (Å²) in [6.45, 7) is 3.93. The topological polar surface area (TPSA) is 41.6 Å². The molecule has 0 radical (unpaired) electrons. The van der Waals surface area contributed by atoms with Crippen LogP contribution in [0.1, 0.15) is 13.8 Å². The third-order valence-corrected chi connectivity index (χ3v) is 4.36. The lowest BCUT2D eigenvalue weighted by Gasteiger charge is -2.28. The fraction of sp³-hybridized carbons (Fsp3) is 0.188. The van der Waals surface area contributed by atoms with E-state index in [0.717, 1.165) is 22.0 Å². The molecule has 1 N–H and O–H groups in total. The van der Waals surface area contributed by atoms with Crippen LogP contribution in [0.2, 0.25) is 5.02 Å². The molecule has 22 heavy (non-hydrogen) atoms. The minimum absolute atomic E-state index is 0.0931. The highest BCUT2D eigenvalue weighted by atomic mass is 35.5. The lowest BCUT2D eigenvalue weighted by Crippen LogP contribution is -2.32. The van der Waals surface area contributed by atoms with Crippen molar-refractivity contribution in [3.8, 4) is 5.75 Å². The van der Waals surface area contributed by atoms with Gasteiger partial charge in [-0.2, -0.15) is 0 Å². The van der Waals surface area contributed by atoms with Crippen molar-refractivity contribution in [3.05, 3.63) is 47.5 Å². The predicted octanol–water partition coefficient (Wildman–Crippen LogP) is 5.19. The highest BCUT2D eigenvalue weighted by molar-refractivity contribution is 8.01. The Kier molecular flexibility index (Phi) is 4.18. The molecule has 2 amide bonds. The Bertz CT molecular complexity index is 704. The second-order valence-corrected chi connectivity index (χ2v) is 6.54. The van der Waals surface area contributed by atoms with E-state index in [4.69, 9.17) is 16.3 Å². The first-order valence-corrected chi connectivity index (χ1v) is 8.03. The van der Waals surface area contributed by atoms with Crippen molar-refractivity contribution in [3.63, 3.8) is 0 Å². The van der Waals surface area contributed by atoms with Crippen LogP contribution in [0, 0.1) is 0 Å². The number of anilines is 2. The Morgan fingerprint density at radius 2 is 1.91 bits per heavy atom. The molecule has 2 aromatic carbocycles. The van der Waals surface area contributed by atoms with E-state index in [1.165, 1.54) is 11.9 Å². The van der Waals surface area contributed by atoms with E-state index in [9.17, 15) is 4.79 Å². The number of nitrogens with one attached hydrogen (secondary N) is 1. The van der Waals surface area contributed by atoms with Gasteiger partial charge in [-0.15, -0.1) is 0 Å². The van der Waals surface area contributed by atoms with E-state index in [0.29, 0.717) is 5.02 Å². The first kappa shape index (κ1) is 15.1. The van der Waals surface area contributed by atoms with Gasteiger partial charge in [-0.25, -0.2) is 9.10 Å². The zero-order chi connectivity index (χ0) is 15.7. The molecular weight excluding hydrogens is 320 g/mol. The van der Waals surface area contributed by atoms with Crippen LogP contribution >= 0.6 is 23.5 Å². The van der Waals surface area contributed by atoms with Gasteiger partial charge in [-0.3, -0.25) is 0 Å². The van der Waals surface area contributed by atoms with Crippen LogP contribution in [-0.4, -0.2) is 12.1 Å². The number of rotatable bonds is 3. The smallest absolute Gasteiger partial charge is 0.336 e. The molecule has 6 heteroatoms. The molecule has 0 aliphatic carbocycles. The van der Waals surface area contributed by atoms with Crippen LogP contribution in [0.5, 0.6) is 5.75 Å². The largest absolute Gasteiger partial charge is 0.491 e. The van der Waals surface area contributed by atoms with Crippen LogP contribution in [0.25, 0.3) is 0 Å². The quantitative estimate of drug-likeness (QED) is 0.786. The number of fused-ring (bicyclic) bond motifs is 1. The lowest BCUT2D eigenvalue weighted by molar-refractivity contribution is 0.242. The molecule has 1 aliphatic heterocycles. The molecule has 3 rings (SSSR count). The fourth-order valence-electron chi connectivity index (χ4n) is 2.08. The van der Waals surface area contributed by atoms with E-state index in [1.807, 2.05) is 44.2 Å². The van der Waals surface area contributed by atoms with E-state index in [1.54, 1.807) is 16.4 Å². The number of benzene rings is 2. The van der Waals surface area contributed by atoms with Crippen molar-refractivity contribution in [2.45, 2.75) is 24.8 Å². The molecule has 1 heterocycles. The minimum atomic E-state index is -0.193. The van der Waals surface area contributed by atoms with Gasteiger partial charge in [0, 0.05) is 11.1 Å². The Morgan fingerprint density at radius 1 is 1.18 bits per heavy atom. The van der Waals surface area contributed by atoms with Crippen molar-refractivity contribution in [2.24, 2.45) is 0 Å². The summed E-state index contributed by atoms with van der Waals surface area (Å²) in [4.78, 5) is 13.3. The second-order valence-electron chi connectivity index (χ2n) is 5.12. The molecule has 0 unspecified atom stereocenters. The maximum absolute atomic E-state index is 12.3. The molecule has 0 bridgehead atoms. The summed E-state index contributed by atoms with van der Waals surface area (Å²) in [6.07, 6.45) is 0.0931. The Hall–Kier alpha value is -1.85. The van der Waals surface area contributed by atoms with Crippen molar-refractivity contribution >= 4 is 41.0 Å². The van der Waals surface area contributed by atoms with Gasteiger partial charge >= 0.3 is 6.03 Å². The first-order chi connectivity index (χ1) is 10.5. The standard InChI is InChI=1S/C16H15ClN2O2S/c1-10(2)21-13-7-8-15-14(9-13)18-16(20)19(22-15)12-5-3-11(17)4-6-12/h3-10H,1-2H3,(H,18,20). The van der Waals surface area contributed by atoms with Gasteiger partial charge in [0.15, 0.2) is 0 Å². The monoisotopic (exact) mass is 334 g/mol. The number of hydrogen-bond acceptors (Lipinski definition) is 3. The molecule has 114 valence electrons. The molecule has 0 atom stereocenters. The average Bonchev–Trinajstić information content (AvgIpc) is 2.47. The summed E-state index contributed by atoms with van der Waals surface area (Å²) < 4.78 is 7.25. The van der Waals surface area contributed by atoms with E-state index < -0.39 is 0 Å². The summed E-state index contributed by atoms with van der Waals surface area (Å²) in [6, 6.07) is 12.7. The van der Waals surface area contributed by atoms with Gasteiger partial charge in [0.05, 0.1) is 22.4 Å². The Morgan fingerprint density at radius 3 is 2.59 bits per heavy atom. The first-order valence-electron chi connectivity index (χ1n) is 6.88. The van der Waals surface area contributed by atoms with Crippen molar-refractivity contribution in [1.29, 1.82) is 0 Å². The third-order valence-electron chi connectivity index (χ3n) is 3.00. The average molecular weight is 335 g/mol. The van der Waals surface area contributed by atoms with Gasteiger partial charge in [0.25, 0.3) is 0 Å². The summed E-state index contributed by atoms with van der Waals surface area (Å²) in [5.74, 6) is 0.745. The summed E-state index contributed by atoms with van der Waals surface area (Å²) >= 11 is 7.26. The van der Waals surface area contributed by atoms with Gasteiger partial charge in [0.2, 0.25) is 0 Å². The number of amides is 2. The second kappa shape index (κ2) is 6.10. The molecule has 0 saturated heterocycles. The SMILES string of the molecule is CC(C)Oc1ccc2c(c1)NC(=O)N(c1ccc(Cl)cc1)S2. The highest BCUT2D eigenvalue weighted by Gasteiger charge is 2.25. The number of nitrogens with zero attached hydrogens (tertiary/aromatic N) is 1. The van der Waals surface area contributed by atoms with Crippen LogP contribution in [0.4, 0.5) is 16.2 Å². The Labute approximate surface area is 138 Å². The number of hydrogen-bond donors (Lipinski definition) is 1. The minimum Gasteiger partial charge on any atom is -0.491 e. The van der Waals surface area contributed by atoms with Crippen LogP contribution in [0.15, 0.2) is 47.4 Å². The molecular formula is C16H15ClN2O2S. The van der Waals surface area contributed by atoms with E-state index in [2.05, 4.69) is 5.32 Å². The van der Waals surface area contributed by atoms with E-state index >= 15 is 0 Å². The lowest BCUT2D eigenvalue weighted by atomic mass is 10.3. The zero-order valence-electron chi connectivity index (χ0n) is 12.2. The normalized spacial score (nSPS) is 13.8.